The maximum atomic E-state index is 13.0. The van der Waals surface area contributed by atoms with E-state index in [1.165, 1.54) is 12.7 Å². The largest absolute Gasteiger partial charge is 0.453 e. The number of piperidine rings is 2. The average Bonchev–Trinajstić information content (AvgIpc) is 3.82. The number of ether oxygens (including phenoxy) is 1. The van der Waals surface area contributed by atoms with Crippen LogP contribution >= 0.6 is 12.2 Å². The van der Waals surface area contributed by atoms with E-state index in [2.05, 4.69) is 37.7 Å². The van der Waals surface area contributed by atoms with Gasteiger partial charge in [-0.25, -0.2) is 14.8 Å². The first-order valence-corrected chi connectivity index (χ1v) is 18.5. The van der Waals surface area contributed by atoms with Crippen LogP contribution in [0.5, 0.6) is 0 Å². The molecule has 2 saturated heterocycles. The lowest BCUT2D eigenvalue weighted by Gasteiger charge is -2.62. The van der Waals surface area contributed by atoms with Gasteiger partial charge in [-0.2, -0.15) is 0 Å². The number of nitrogens with two attached hydrogens (primary N) is 1. The van der Waals surface area contributed by atoms with Gasteiger partial charge in [-0.1, -0.05) is 38.2 Å². The highest BCUT2D eigenvalue weighted by Crippen LogP contribution is 2.56. The second-order valence-electron chi connectivity index (χ2n) is 14.3. The first-order chi connectivity index (χ1) is 24.3. The molecule has 0 spiro atoms. The standard InChI is InChI=1S/C36H46N10O3S/c1-4-23(37)34(47)45-27-12-10-21(27)29(45)32-40-16-25(42-32)18-6-8-19(9-7-18)31-38-14-20(15-39-31)26-17-41-33(43-26)30-22-11-13-28(22)46(30)35(50)24(5-2)44-36(48)49-3/h6,8,14,16-17,21-24,27-30H,4-5,7,9-13,15,37H2,1-3H3,(H,38,39)(H,40,42)(H,41,43)(H,44,48). The summed E-state index contributed by atoms with van der Waals surface area (Å²) in [5.74, 6) is 3.68. The third-order valence-electron chi connectivity index (χ3n) is 11.8. The van der Waals surface area contributed by atoms with Crippen molar-refractivity contribution in [2.75, 3.05) is 13.7 Å². The highest BCUT2D eigenvalue weighted by atomic mass is 32.1. The maximum Gasteiger partial charge on any atom is 0.407 e. The Morgan fingerprint density at radius 2 is 1.56 bits per heavy atom. The van der Waals surface area contributed by atoms with E-state index in [9.17, 15) is 9.59 Å². The molecule has 2 amide bonds. The maximum absolute atomic E-state index is 13.0. The number of methoxy groups -OCH3 is 1. The van der Waals surface area contributed by atoms with Crippen LogP contribution < -0.4 is 16.4 Å². The molecule has 50 heavy (non-hydrogen) atoms. The Bertz CT molecular complexity index is 1820. The number of amides is 2. The Balaban J connectivity index is 0.900. The molecule has 264 valence electrons. The summed E-state index contributed by atoms with van der Waals surface area (Å²) in [6.07, 6.45) is 17.1. The topological polar surface area (TPSA) is 170 Å². The van der Waals surface area contributed by atoms with Gasteiger partial charge in [0.2, 0.25) is 5.91 Å². The zero-order valence-electron chi connectivity index (χ0n) is 28.8. The molecule has 3 aliphatic heterocycles. The van der Waals surface area contributed by atoms with Gasteiger partial charge < -0.3 is 40.9 Å². The van der Waals surface area contributed by atoms with Gasteiger partial charge in [0.1, 0.15) is 22.5 Å². The van der Waals surface area contributed by atoms with Crippen molar-refractivity contribution in [3.63, 3.8) is 0 Å². The molecular weight excluding hydrogens is 653 g/mol. The third-order valence-corrected chi connectivity index (χ3v) is 12.3. The van der Waals surface area contributed by atoms with Crippen molar-refractivity contribution in [3.05, 3.63) is 59.4 Å². The Morgan fingerprint density at radius 3 is 2.10 bits per heavy atom. The van der Waals surface area contributed by atoms with Crippen LogP contribution in [0.4, 0.5) is 4.79 Å². The summed E-state index contributed by atoms with van der Waals surface area (Å²) < 4.78 is 4.82. The molecule has 0 aromatic carbocycles. The number of aromatic amines is 2. The second kappa shape index (κ2) is 13.1. The average molecular weight is 699 g/mol. The molecule has 2 aromatic heterocycles. The van der Waals surface area contributed by atoms with E-state index < -0.39 is 12.1 Å². The number of amidine groups is 1. The van der Waals surface area contributed by atoms with Crippen LogP contribution in [0.3, 0.4) is 0 Å². The van der Waals surface area contributed by atoms with Crippen molar-refractivity contribution in [2.24, 2.45) is 22.6 Å². The number of fused-ring (bicyclic) bond motifs is 2. The van der Waals surface area contributed by atoms with Gasteiger partial charge in [-0.05, 0) is 62.5 Å². The monoisotopic (exact) mass is 698 g/mol. The van der Waals surface area contributed by atoms with Gasteiger partial charge >= 0.3 is 6.09 Å². The van der Waals surface area contributed by atoms with E-state index >= 15 is 0 Å². The Hall–Kier alpha value is -4.30. The molecule has 3 aliphatic carbocycles. The highest BCUT2D eigenvalue weighted by Gasteiger charge is 2.58. The number of carbonyl (C=O) groups excluding carboxylic acids is 2. The van der Waals surface area contributed by atoms with Gasteiger partial charge in [-0.3, -0.25) is 9.79 Å². The number of thiocarbonyl (C=S) groups is 1. The summed E-state index contributed by atoms with van der Waals surface area (Å²) in [4.78, 5) is 51.4. The number of H-pyrrole nitrogens is 2. The van der Waals surface area contributed by atoms with Gasteiger partial charge in [0, 0.05) is 35.7 Å². The fourth-order valence-electron chi connectivity index (χ4n) is 8.55. The predicted molar refractivity (Wildman–Crippen MR) is 194 cm³/mol. The van der Waals surface area contributed by atoms with Crippen LogP contribution in [0.1, 0.15) is 100 Å². The van der Waals surface area contributed by atoms with Crippen molar-refractivity contribution in [2.45, 2.75) is 101 Å². The zero-order chi connectivity index (χ0) is 34.7. The molecule has 5 heterocycles. The van der Waals surface area contributed by atoms with Crippen molar-refractivity contribution < 1.29 is 14.3 Å². The summed E-state index contributed by atoms with van der Waals surface area (Å²) in [5.41, 5.74) is 11.5. The van der Waals surface area contributed by atoms with Gasteiger partial charge in [0.25, 0.3) is 0 Å². The predicted octanol–water partition coefficient (Wildman–Crippen LogP) is 4.28. The minimum Gasteiger partial charge on any atom is -0.453 e. The van der Waals surface area contributed by atoms with E-state index in [0.717, 1.165) is 83.5 Å². The molecule has 8 rings (SSSR count). The number of nitrogens with one attached hydrogen (secondary N) is 4. The number of hydrogen-bond donors (Lipinski definition) is 5. The summed E-state index contributed by atoms with van der Waals surface area (Å²) in [7, 11) is 1.37. The quantitative estimate of drug-likeness (QED) is 0.228. The molecule has 8 unspecified atom stereocenters. The summed E-state index contributed by atoms with van der Waals surface area (Å²) in [6, 6.07) is 0.0725. The Morgan fingerprint density at radius 1 is 0.940 bits per heavy atom. The van der Waals surface area contributed by atoms with Crippen LogP contribution in [-0.4, -0.2) is 90.4 Å². The summed E-state index contributed by atoms with van der Waals surface area (Å²) in [6.45, 7) is 4.51. The van der Waals surface area contributed by atoms with Crippen LogP contribution in [0, 0.1) is 11.8 Å². The SMILES string of the molecule is CCC(N)C(=O)N1C2CCC2C1c1ncc(C2=CC=C(C3=NCC(c4cnc(C5C6CCC6N5C(=S)C(CC)NC(=O)OC)[nH]4)=CN3)CC2)[nH]1. The molecule has 2 aromatic rings. The fourth-order valence-corrected chi connectivity index (χ4v) is 9.02. The number of aromatic nitrogens is 4. The van der Waals surface area contributed by atoms with Crippen LogP contribution in [0.2, 0.25) is 0 Å². The molecule has 0 radical (unpaired) electrons. The summed E-state index contributed by atoms with van der Waals surface area (Å²) >= 11 is 5.89. The number of nitrogens with zero attached hydrogens (tertiary/aromatic N) is 5. The Kier molecular flexibility index (Phi) is 8.62. The summed E-state index contributed by atoms with van der Waals surface area (Å²) in [5, 5.41) is 6.31. The lowest BCUT2D eigenvalue weighted by atomic mass is 9.64. The molecule has 13 nitrogen and oxygen atoms in total. The first kappa shape index (κ1) is 32.9. The number of rotatable bonds is 10. The molecule has 0 bridgehead atoms. The van der Waals surface area contributed by atoms with E-state index in [-0.39, 0.29) is 24.0 Å². The molecular formula is C36H46N10O3S. The van der Waals surface area contributed by atoms with Crippen LogP contribution in [0.15, 0.2) is 41.3 Å². The molecule has 6 N–H and O–H groups in total. The number of alkyl carbamates (subject to hydrolysis) is 1. The lowest BCUT2D eigenvalue weighted by molar-refractivity contribution is -0.172. The smallest absolute Gasteiger partial charge is 0.407 e. The second-order valence-corrected chi connectivity index (χ2v) is 14.8. The van der Waals surface area contributed by atoms with E-state index in [0.29, 0.717) is 43.3 Å². The number of imidazole rings is 2. The van der Waals surface area contributed by atoms with Gasteiger partial charge in [0.05, 0.1) is 61.6 Å². The first-order valence-electron chi connectivity index (χ1n) is 18.1. The minimum absolute atomic E-state index is 0.000355. The van der Waals surface area contributed by atoms with E-state index in [1.807, 2.05) is 37.3 Å². The zero-order valence-corrected chi connectivity index (χ0v) is 29.6. The van der Waals surface area contributed by atoms with Gasteiger partial charge in [-0.15, -0.1) is 0 Å². The number of likely N-dealkylation sites (tertiary alicyclic amines) is 2. The number of carbonyl (C=O) groups is 2. The van der Waals surface area contributed by atoms with E-state index in [4.69, 9.17) is 37.6 Å². The molecule has 2 saturated carbocycles. The lowest BCUT2D eigenvalue weighted by Crippen LogP contribution is -2.68. The van der Waals surface area contributed by atoms with Crippen LogP contribution in [-0.2, 0) is 9.53 Å². The van der Waals surface area contributed by atoms with Crippen molar-refractivity contribution >= 4 is 46.2 Å². The van der Waals surface area contributed by atoms with Gasteiger partial charge in [0.15, 0.2) is 0 Å². The van der Waals surface area contributed by atoms with Crippen molar-refractivity contribution in [1.82, 2.24) is 40.4 Å². The number of aliphatic imine (C=N–C) groups is 1. The molecule has 6 aliphatic rings. The van der Waals surface area contributed by atoms with Crippen LogP contribution in [0.25, 0.3) is 11.1 Å². The number of hydrogen-bond acceptors (Lipinski definition) is 9. The van der Waals surface area contributed by atoms with Crippen molar-refractivity contribution in [3.8, 4) is 0 Å². The molecule has 4 fully saturated rings. The molecule has 14 heteroatoms. The number of allylic oxidation sites excluding steroid dienone is 3. The van der Waals surface area contributed by atoms with E-state index in [1.54, 1.807) is 0 Å². The third kappa shape index (κ3) is 5.38. The highest BCUT2D eigenvalue weighted by molar-refractivity contribution is 7.80. The Labute approximate surface area is 297 Å². The normalized spacial score (nSPS) is 29.0. The minimum atomic E-state index is -0.471. The van der Waals surface area contributed by atoms with Crippen molar-refractivity contribution in [1.29, 1.82) is 0 Å². The fraction of sp³-hybridized carbons (Fsp3) is 0.556. The molecule has 8 atom stereocenters.